The number of hydrogen-bond acceptors (Lipinski definition) is 0. The van der Waals surface area contributed by atoms with Gasteiger partial charge in [0.15, 0.2) is 0 Å². The molecular weight excluding hydrogens is 120 g/mol. The molecule has 0 unspecified atom stereocenters. The van der Waals surface area contributed by atoms with E-state index in [0.717, 1.165) is 0 Å². The average Bonchev–Trinajstić information content (AvgIpc) is 2.01. The summed E-state index contributed by atoms with van der Waals surface area (Å²) in [7, 11) is 0. The van der Waals surface area contributed by atoms with Crippen molar-refractivity contribution in [2.75, 3.05) is 0 Å². The fourth-order valence-electron chi connectivity index (χ4n) is 1.06. The third-order valence-electron chi connectivity index (χ3n) is 1.67. The van der Waals surface area contributed by atoms with E-state index in [1.807, 2.05) is 6.08 Å². The highest BCUT2D eigenvalue weighted by Crippen LogP contribution is 2.04. The fraction of sp³-hybridized carbons (Fsp3) is 0.500. The van der Waals surface area contributed by atoms with E-state index in [1.54, 1.807) is 0 Å². The second-order valence-electron chi connectivity index (χ2n) is 2.60. The molecule has 0 saturated carbocycles. The maximum absolute atomic E-state index is 3.12. The fourth-order valence-corrected chi connectivity index (χ4v) is 1.06. The molecule has 1 aliphatic carbocycles. The van der Waals surface area contributed by atoms with Crippen LogP contribution in [0.4, 0.5) is 0 Å². The molecule has 0 aromatic carbocycles. The third kappa shape index (κ3) is 3.32. The maximum atomic E-state index is 3.12. The minimum absolute atomic E-state index is 1.20. The molecular formula is C10H14. The molecule has 0 heterocycles. The van der Waals surface area contributed by atoms with Gasteiger partial charge in [0, 0.05) is 0 Å². The summed E-state index contributed by atoms with van der Waals surface area (Å²) in [5.41, 5.74) is 3.12. The van der Waals surface area contributed by atoms with Gasteiger partial charge in [-0.15, -0.1) is 5.73 Å². The van der Waals surface area contributed by atoms with Gasteiger partial charge in [0.1, 0.15) is 0 Å². The zero-order valence-electron chi connectivity index (χ0n) is 6.34. The monoisotopic (exact) mass is 134 g/mol. The lowest BCUT2D eigenvalue weighted by atomic mass is 10.1. The highest BCUT2D eigenvalue weighted by atomic mass is 13.9. The third-order valence-corrected chi connectivity index (χ3v) is 1.67. The zero-order valence-corrected chi connectivity index (χ0v) is 6.34. The average molecular weight is 134 g/mol. The van der Waals surface area contributed by atoms with E-state index >= 15 is 0 Å². The van der Waals surface area contributed by atoms with Crippen molar-refractivity contribution in [1.29, 1.82) is 0 Å². The molecule has 0 atom stereocenters. The van der Waals surface area contributed by atoms with Gasteiger partial charge in [0.2, 0.25) is 0 Å². The van der Waals surface area contributed by atoms with E-state index in [4.69, 9.17) is 0 Å². The Labute approximate surface area is 62.9 Å². The molecule has 0 N–H and O–H groups in total. The molecule has 0 bridgehead atoms. The summed E-state index contributed by atoms with van der Waals surface area (Å²) < 4.78 is 0. The van der Waals surface area contributed by atoms with E-state index < -0.39 is 0 Å². The SMILES string of the molecule is C1=C/C=C\CCCCCC=1. The lowest BCUT2D eigenvalue weighted by molar-refractivity contribution is 0.696. The van der Waals surface area contributed by atoms with Crippen molar-refractivity contribution in [2.24, 2.45) is 0 Å². The van der Waals surface area contributed by atoms with Gasteiger partial charge in [-0.2, -0.15) is 0 Å². The van der Waals surface area contributed by atoms with Crippen molar-refractivity contribution in [3.05, 3.63) is 30.0 Å². The first-order valence-electron chi connectivity index (χ1n) is 4.06. The molecule has 0 aromatic heterocycles. The van der Waals surface area contributed by atoms with E-state index in [9.17, 15) is 0 Å². The van der Waals surface area contributed by atoms with Gasteiger partial charge in [-0.05, 0) is 37.8 Å². The van der Waals surface area contributed by atoms with Crippen LogP contribution in [0.15, 0.2) is 30.0 Å². The highest BCUT2D eigenvalue weighted by molar-refractivity contribution is 5.02. The molecule has 1 rings (SSSR count). The van der Waals surface area contributed by atoms with Crippen molar-refractivity contribution >= 4 is 0 Å². The van der Waals surface area contributed by atoms with Crippen LogP contribution in [0.3, 0.4) is 0 Å². The zero-order chi connectivity index (χ0) is 7.07. The molecule has 1 aliphatic rings. The predicted molar refractivity (Wildman–Crippen MR) is 44.9 cm³/mol. The van der Waals surface area contributed by atoms with Crippen LogP contribution in [0, 0.1) is 0 Å². The first-order valence-corrected chi connectivity index (χ1v) is 4.06. The lowest BCUT2D eigenvalue weighted by Gasteiger charge is -1.94. The van der Waals surface area contributed by atoms with Crippen LogP contribution in [0.2, 0.25) is 0 Å². The Morgan fingerprint density at radius 2 is 1.90 bits per heavy atom. The number of rotatable bonds is 0. The molecule has 0 saturated heterocycles. The Hall–Kier alpha value is -0.740. The van der Waals surface area contributed by atoms with Gasteiger partial charge in [-0.25, -0.2) is 0 Å². The Morgan fingerprint density at radius 1 is 1.00 bits per heavy atom. The minimum atomic E-state index is 1.20. The quantitative estimate of drug-likeness (QED) is 0.446. The Bertz CT molecular complexity index is 157. The van der Waals surface area contributed by atoms with Gasteiger partial charge in [-0.3, -0.25) is 0 Å². The van der Waals surface area contributed by atoms with Crippen LogP contribution in [-0.2, 0) is 0 Å². The minimum Gasteiger partial charge on any atom is -0.125 e. The van der Waals surface area contributed by atoms with Crippen molar-refractivity contribution in [3.8, 4) is 0 Å². The largest absolute Gasteiger partial charge is 0.125 e. The van der Waals surface area contributed by atoms with Crippen LogP contribution < -0.4 is 0 Å². The molecule has 0 amide bonds. The van der Waals surface area contributed by atoms with Gasteiger partial charge < -0.3 is 0 Å². The molecule has 0 aliphatic heterocycles. The first kappa shape index (κ1) is 7.37. The number of allylic oxidation sites excluding steroid dienone is 3. The maximum Gasteiger partial charge on any atom is -0.0206 e. The summed E-state index contributed by atoms with van der Waals surface area (Å²) in [4.78, 5) is 0. The summed E-state index contributed by atoms with van der Waals surface area (Å²) >= 11 is 0. The van der Waals surface area contributed by atoms with Crippen LogP contribution in [0.1, 0.15) is 32.1 Å². The molecule has 0 aromatic rings. The van der Waals surface area contributed by atoms with Crippen molar-refractivity contribution < 1.29 is 0 Å². The summed E-state index contributed by atoms with van der Waals surface area (Å²) in [5, 5.41) is 0. The highest BCUT2D eigenvalue weighted by Gasteiger charge is 1.85. The molecule has 0 spiro atoms. The molecule has 10 heavy (non-hydrogen) atoms. The van der Waals surface area contributed by atoms with E-state index in [-0.39, 0.29) is 0 Å². The van der Waals surface area contributed by atoms with E-state index in [2.05, 4.69) is 24.0 Å². The molecule has 54 valence electrons. The number of hydrogen-bond donors (Lipinski definition) is 0. The van der Waals surface area contributed by atoms with Crippen molar-refractivity contribution in [2.45, 2.75) is 32.1 Å². The summed E-state index contributed by atoms with van der Waals surface area (Å²) in [6.07, 6.45) is 14.9. The van der Waals surface area contributed by atoms with Gasteiger partial charge in [0.05, 0.1) is 0 Å². The van der Waals surface area contributed by atoms with Gasteiger partial charge in [0.25, 0.3) is 0 Å². The van der Waals surface area contributed by atoms with Gasteiger partial charge in [-0.1, -0.05) is 18.6 Å². The van der Waals surface area contributed by atoms with E-state index in [1.165, 1.54) is 32.1 Å². The first-order chi connectivity index (χ1) is 5.00. The van der Waals surface area contributed by atoms with Crippen LogP contribution >= 0.6 is 0 Å². The normalized spacial score (nSPS) is 22.4. The topological polar surface area (TPSA) is 0 Å². The Balaban J connectivity index is 2.42. The molecule has 0 heteroatoms. The van der Waals surface area contributed by atoms with Crippen LogP contribution in [0.25, 0.3) is 0 Å². The van der Waals surface area contributed by atoms with Crippen LogP contribution in [-0.4, -0.2) is 0 Å². The molecule has 0 fully saturated rings. The van der Waals surface area contributed by atoms with Crippen molar-refractivity contribution in [1.82, 2.24) is 0 Å². The van der Waals surface area contributed by atoms with Crippen LogP contribution in [0.5, 0.6) is 0 Å². The summed E-state index contributed by atoms with van der Waals surface area (Å²) in [6.45, 7) is 0. The smallest absolute Gasteiger partial charge is 0.0206 e. The predicted octanol–water partition coefficient (Wildman–Crippen LogP) is 3.22. The van der Waals surface area contributed by atoms with E-state index in [0.29, 0.717) is 0 Å². The second kappa shape index (κ2) is 5.08. The Kier molecular flexibility index (Phi) is 3.74. The molecule has 0 nitrogen and oxygen atoms in total. The lowest BCUT2D eigenvalue weighted by Crippen LogP contribution is -1.74. The second-order valence-corrected chi connectivity index (χ2v) is 2.60. The Morgan fingerprint density at radius 3 is 2.90 bits per heavy atom. The summed E-state index contributed by atoms with van der Waals surface area (Å²) in [6, 6.07) is 0. The standard InChI is InChI=1S/C10H14/c1-2-4-6-8-10-9-7-5-3-1/h1-3,7H,4,6,8-10H2/b2-1-. The molecule has 0 radical (unpaired) electrons. The summed E-state index contributed by atoms with van der Waals surface area (Å²) in [5.74, 6) is 0. The van der Waals surface area contributed by atoms with Crippen molar-refractivity contribution in [3.63, 3.8) is 0 Å². The van der Waals surface area contributed by atoms with Gasteiger partial charge >= 0.3 is 0 Å².